The van der Waals surface area contributed by atoms with Crippen molar-refractivity contribution in [3.05, 3.63) is 96.3 Å². The molecule has 1 unspecified atom stereocenters. The van der Waals surface area contributed by atoms with Crippen LogP contribution in [0.2, 0.25) is 0 Å². The van der Waals surface area contributed by atoms with Crippen molar-refractivity contribution < 1.29 is 36.2 Å². The molecule has 0 amide bonds. The number of hydrogen-bond donors (Lipinski definition) is 1. The Bertz CT molecular complexity index is 1780. The van der Waals surface area contributed by atoms with Gasteiger partial charge < -0.3 is 14.6 Å². The molecular weight excluding hydrogens is 567 g/mol. The van der Waals surface area contributed by atoms with Gasteiger partial charge >= 0.3 is 0 Å². The van der Waals surface area contributed by atoms with Crippen molar-refractivity contribution in [1.82, 2.24) is 34.4 Å². The first kappa shape index (κ1) is 27.7. The van der Waals surface area contributed by atoms with Crippen LogP contribution < -0.4 is 9.47 Å². The predicted molar refractivity (Wildman–Crippen MR) is 135 cm³/mol. The van der Waals surface area contributed by atoms with Crippen molar-refractivity contribution in [1.29, 1.82) is 0 Å². The summed E-state index contributed by atoms with van der Waals surface area (Å²) in [4.78, 5) is 3.58. The Labute approximate surface area is 230 Å². The zero-order chi connectivity index (χ0) is 29.2. The van der Waals surface area contributed by atoms with Crippen LogP contribution in [-0.2, 0) is 22.2 Å². The number of nitrogens with zero attached hydrogens (tertiary/aromatic N) is 7. The first-order chi connectivity index (χ1) is 19.6. The molecule has 0 bridgehead atoms. The summed E-state index contributed by atoms with van der Waals surface area (Å²) < 4.78 is 80.9. The van der Waals surface area contributed by atoms with Crippen LogP contribution in [0.15, 0.2) is 78.2 Å². The van der Waals surface area contributed by atoms with Gasteiger partial charge in [0.15, 0.2) is 17.3 Å². The molecule has 212 valence electrons. The molecule has 0 fully saturated rings. The molecule has 0 saturated carbocycles. The minimum Gasteiger partial charge on any atom is -0.493 e. The van der Waals surface area contributed by atoms with E-state index in [-0.39, 0.29) is 39.9 Å². The highest BCUT2D eigenvalue weighted by Gasteiger charge is 2.35. The van der Waals surface area contributed by atoms with Crippen LogP contribution in [0.3, 0.4) is 0 Å². The molecule has 1 atom stereocenters. The van der Waals surface area contributed by atoms with E-state index in [0.29, 0.717) is 10.2 Å². The first-order valence-electron chi connectivity index (χ1n) is 11.7. The summed E-state index contributed by atoms with van der Waals surface area (Å²) in [6.07, 6.45) is 2.54. The van der Waals surface area contributed by atoms with Gasteiger partial charge in [-0.15, -0.1) is 9.19 Å². The highest BCUT2D eigenvalue weighted by molar-refractivity contribution is 7.90. The largest absolute Gasteiger partial charge is 0.493 e. The maximum atomic E-state index is 14.7. The summed E-state index contributed by atoms with van der Waals surface area (Å²) in [5, 5.41) is 26.3. The number of hydrogen-bond acceptors (Lipinski definition) is 10. The van der Waals surface area contributed by atoms with E-state index in [0.717, 1.165) is 36.4 Å². The number of ether oxygens (including phenoxy) is 2. The quantitative estimate of drug-likeness (QED) is 0.259. The van der Waals surface area contributed by atoms with Crippen LogP contribution in [0.25, 0.3) is 11.4 Å². The molecule has 2 heterocycles. The standard InChI is InChI=1S/C25H20F3N7O5S/c1-39-23-10-16(24-31-32-33-35(24)41(37,38)19-6-3-17(26)4-7-19)2-9-22(23)40-13-25(36,12-34-15-29-14-30-34)20-8-5-18(27)11-21(20)28/h2-11,14-15,36H,12-13H2,1H3. The molecule has 0 saturated heterocycles. The van der Waals surface area contributed by atoms with Crippen LogP contribution in [0.4, 0.5) is 13.2 Å². The summed E-state index contributed by atoms with van der Waals surface area (Å²) >= 11 is 0. The Balaban J connectivity index is 1.45. The van der Waals surface area contributed by atoms with Crippen LogP contribution in [0.5, 0.6) is 11.5 Å². The molecule has 0 spiro atoms. The van der Waals surface area contributed by atoms with Gasteiger partial charge in [-0.2, -0.15) is 13.5 Å². The second-order valence-electron chi connectivity index (χ2n) is 8.71. The summed E-state index contributed by atoms with van der Waals surface area (Å²) in [6, 6.07) is 11.1. The van der Waals surface area contributed by atoms with E-state index in [2.05, 4.69) is 25.6 Å². The van der Waals surface area contributed by atoms with Gasteiger partial charge in [-0.05, 0) is 59.0 Å². The number of rotatable bonds is 10. The van der Waals surface area contributed by atoms with Gasteiger partial charge in [0, 0.05) is 17.2 Å². The Kier molecular flexibility index (Phi) is 7.42. The van der Waals surface area contributed by atoms with Crippen molar-refractivity contribution in [2.75, 3.05) is 13.7 Å². The van der Waals surface area contributed by atoms with E-state index in [1.807, 2.05) is 0 Å². The maximum absolute atomic E-state index is 14.7. The van der Waals surface area contributed by atoms with Crippen LogP contribution >= 0.6 is 0 Å². The minimum absolute atomic E-state index is 0.0937. The predicted octanol–water partition coefficient (Wildman–Crippen LogP) is 2.56. The summed E-state index contributed by atoms with van der Waals surface area (Å²) in [7, 11) is -2.96. The monoisotopic (exact) mass is 587 g/mol. The van der Waals surface area contributed by atoms with Crippen molar-refractivity contribution in [3.8, 4) is 22.9 Å². The highest BCUT2D eigenvalue weighted by Crippen LogP contribution is 2.35. The van der Waals surface area contributed by atoms with Gasteiger partial charge in [-0.3, -0.25) is 0 Å². The Morgan fingerprint density at radius 2 is 1.73 bits per heavy atom. The number of aromatic nitrogens is 7. The Morgan fingerprint density at radius 3 is 2.41 bits per heavy atom. The fourth-order valence-electron chi connectivity index (χ4n) is 4.00. The highest BCUT2D eigenvalue weighted by atomic mass is 32.2. The fraction of sp³-hybridized carbons (Fsp3) is 0.160. The van der Waals surface area contributed by atoms with Gasteiger partial charge in [-0.1, -0.05) is 6.07 Å². The number of halogens is 3. The molecule has 12 nitrogen and oxygen atoms in total. The van der Waals surface area contributed by atoms with Gasteiger partial charge in [-0.25, -0.2) is 22.8 Å². The molecule has 41 heavy (non-hydrogen) atoms. The second-order valence-corrected chi connectivity index (χ2v) is 10.5. The topological polar surface area (TPSA) is 147 Å². The lowest BCUT2D eigenvalue weighted by molar-refractivity contribution is -0.0302. The first-order valence-corrected chi connectivity index (χ1v) is 13.2. The summed E-state index contributed by atoms with van der Waals surface area (Å²) in [6.45, 7) is -0.812. The van der Waals surface area contributed by atoms with Crippen molar-refractivity contribution in [2.45, 2.75) is 17.0 Å². The zero-order valence-corrected chi connectivity index (χ0v) is 21.9. The second kappa shape index (κ2) is 11.0. The third kappa shape index (κ3) is 5.59. The van der Waals surface area contributed by atoms with E-state index >= 15 is 0 Å². The van der Waals surface area contributed by atoms with Crippen molar-refractivity contribution in [3.63, 3.8) is 0 Å². The molecule has 2 aromatic heterocycles. The fourth-order valence-corrected chi connectivity index (χ4v) is 5.17. The molecule has 5 aromatic rings. The molecule has 3 aromatic carbocycles. The molecule has 16 heteroatoms. The molecule has 5 rings (SSSR count). The summed E-state index contributed by atoms with van der Waals surface area (Å²) in [5.74, 6) is -2.41. The number of benzene rings is 3. The lowest BCUT2D eigenvalue weighted by Crippen LogP contribution is -2.39. The molecule has 0 radical (unpaired) electrons. The van der Waals surface area contributed by atoms with Crippen molar-refractivity contribution in [2.24, 2.45) is 0 Å². The summed E-state index contributed by atoms with van der Waals surface area (Å²) in [5.41, 5.74) is -2.05. The van der Waals surface area contributed by atoms with E-state index in [1.165, 1.54) is 42.6 Å². The Morgan fingerprint density at radius 1 is 0.976 bits per heavy atom. The van der Waals surface area contributed by atoms with Crippen LogP contribution in [0.1, 0.15) is 5.56 Å². The average molecular weight is 588 g/mol. The molecular formula is C25H20F3N7O5S. The minimum atomic E-state index is -4.28. The zero-order valence-electron chi connectivity index (χ0n) is 21.1. The molecule has 0 aliphatic rings. The smallest absolute Gasteiger partial charge is 0.286 e. The van der Waals surface area contributed by atoms with Crippen LogP contribution in [-0.4, -0.2) is 61.6 Å². The maximum Gasteiger partial charge on any atom is 0.286 e. The van der Waals surface area contributed by atoms with E-state index in [4.69, 9.17) is 9.47 Å². The third-order valence-corrected chi connectivity index (χ3v) is 7.56. The normalized spacial score (nSPS) is 13.1. The van der Waals surface area contributed by atoms with Gasteiger partial charge in [0.2, 0.25) is 0 Å². The van der Waals surface area contributed by atoms with Crippen molar-refractivity contribution >= 4 is 10.0 Å². The van der Waals surface area contributed by atoms with Crippen LogP contribution in [0, 0.1) is 17.5 Å². The van der Waals surface area contributed by atoms with Gasteiger partial charge in [0.1, 0.15) is 42.3 Å². The number of aliphatic hydroxyl groups is 1. The van der Waals surface area contributed by atoms with E-state index < -0.39 is 39.7 Å². The molecule has 0 aliphatic carbocycles. The SMILES string of the molecule is COc1cc(-c2nnnn2S(=O)(=O)c2ccc(F)cc2)ccc1OCC(O)(Cn1cncn1)c1ccc(F)cc1F. The number of methoxy groups -OCH3 is 1. The van der Waals surface area contributed by atoms with Gasteiger partial charge in [0.25, 0.3) is 10.0 Å². The lowest BCUT2D eigenvalue weighted by Gasteiger charge is -2.29. The number of tetrazole rings is 1. The van der Waals surface area contributed by atoms with E-state index in [9.17, 15) is 26.7 Å². The molecule has 0 aliphatic heterocycles. The average Bonchev–Trinajstić information content (AvgIpc) is 3.65. The van der Waals surface area contributed by atoms with Gasteiger partial charge in [0.05, 0.1) is 18.6 Å². The lowest BCUT2D eigenvalue weighted by atomic mass is 9.94. The Hall–Kier alpha value is -4.83. The van der Waals surface area contributed by atoms with E-state index in [1.54, 1.807) is 0 Å². The third-order valence-electron chi connectivity index (χ3n) is 5.99. The molecule has 1 N–H and O–H groups in total.